The van der Waals surface area contributed by atoms with E-state index in [0.29, 0.717) is 43.9 Å². The molecule has 5 rings (SSSR count). The number of ether oxygens (including phenoxy) is 2. The summed E-state index contributed by atoms with van der Waals surface area (Å²) in [5.41, 5.74) is 1.14. The molecule has 0 saturated carbocycles. The second-order valence-electron chi connectivity index (χ2n) is 8.53. The van der Waals surface area contributed by atoms with Crippen LogP contribution in [0.2, 0.25) is 0 Å². The number of aliphatic hydroxyl groups is 1. The number of rotatable bonds is 6. The van der Waals surface area contributed by atoms with Gasteiger partial charge in [-0.3, -0.25) is 9.69 Å². The predicted molar refractivity (Wildman–Crippen MR) is 117 cm³/mol. The number of benzene rings is 1. The monoisotopic (exact) mass is 440 g/mol. The number of aromatic nitrogens is 5. The number of aromatic amines is 1. The van der Waals surface area contributed by atoms with Crippen molar-refractivity contribution < 1.29 is 14.6 Å². The summed E-state index contributed by atoms with van der Waals surface area (Å²) < 4.78 is 12.9. The largest absolute Gasteiger partial charge is 0.497 e. The van der Waals surface area contributed by atoms with E-state index in [9.17, 15) is 9.90 Å². The van der Waals surface area contributed by atoms with Gasteiger partial charge in [0.15, 0.2) is 5.82 Å². The van der Waals surface area contributed by atoms with E-state index < -0.39 is 6.04 Å². The van der Waals surface area contributed by atoms with Crippen molar-refractivity contribution in [3.05, 3.63) is 46.0 Å². The molecular formula is C22H28N6O4. The number of fused-ring (bicyclic) bond motifs is 1. The SMILES string of the molecule is COc1ccc2[nH]c(=O)c([C@@H](c3nnnn3C[C@@H]3CCCO3)N3CCC(O)CC3)cc2c1. The number of H-pyrrole nitrogens is 1. The van der Waals surface area contributed by atoms with E-state index in [1.54, 1.807) is 11.8 Å². The van der Waals surface area contributed by atoms with Crippen molar-refractivity contribution in [2.75, 3.05) is 26.8 Å². The third-order valence-corrected chi connectivity index (χ3v) is 6.44. The highest BCUT2D eigenvalue weighted by molar-refractivity contribution is 5.80. The molecule has 2 aromatic heterocycles. The number of piperidine rings is 1. The van der Waals surface area contributed by atoms with E-state index >= 15 is 0 Å². The van der Waals surface area contributed by atoms with Gasteiger partial charge in [0.2, 0.25) is 0 Å². The van der Waals surface area contributed by atoms with Crippen molar-refractivity contribution in [2.24, 2.45) is 0 Å². The summed E-state index contributed by atoms with van der Waals surface area (Å²) in [5, 5.41) is 23.4. The third kappa shape index (κ3) is 4.13. The van der Waals surface area contributed by atoms with Gasteiger partial charge in [0.05, 0.1) is 25.9 Å². The van der Waals surface area contributed by atoms with E-state index in [-0.39, 0.29) is 17.8 Å². The summed E-state index contributed by atoms with van der Waals surface area (Å²) in [7, 11) is 1.62. The van der Waals surface area contributed by atoms with Crippen LogP contribution < -0.4 is 10.3 Å². The first kappa shape index (κ1) is 21.0. The summed E-state index contributed by atoms with van der Waals surface area (Å²) in [5.74, 6) is 1.33. The Labute approximate surface area is 185 Å². The number of tetrazole rings is 1. The zero-order chi connectivity index (χ0) is 22.1. The number of aliphatic hydroxyl groups excluding tert-OH is 1. The Bertz CT molecular complexity index is 1130. The maximum absolute atomic E-state index is 13.2. The van der Waals surface area contributed by atoms with Crippen LogP contribution in [0.15, 0.2) is 29.1 Å². The minimum atomic E-state index is -0.432. The second kappa shape index (κ2) is 8.97. The lowest BCUT2D eigenvalue weighted by Gasteiger charge is -2.35. The summed E-state index contributed by atoms with van der Waals surface area (Å²) in [6, 6.07) is 7.04. The van der Waals surface area contributed by atoms with Crippen LogP contribution in [0.25, 0.3) is 10.9 Å². The molecule has 0 aliphatic carbocycles. The normalized spacial score (nSPS) is 21.2. The molecule has 10 nitrogen and oxygen atoms in total. The number of hydrogen-bond donors (Lipinski definition) is 2. The van der Waals surface area contributed by atoms with Crippen LogP contribution in [0, 0.1) is 0 Å². The molecule has 2 aliphatic rings. The fourth-order valence-electron chi connectivity index (χ4n) is 4.69. The average molecular weight is 441 g/mol. The van der Waals surface area contributed by atoms with Gasteiger partial charge < -0.3 is 19.6 Å². The molecule has 32 heavy (non-hydrogen) atoms. The van der Waals surface area contributed by atoms with Crippen molar-refractivity contribution in [1.82, 2.24) is 30.1 Å². The zero-order valence-electron chi connectivity index (χ0n) is 18.1. The maximum Gasteiger partial charge on any atom is 0.253 e. The quantitative estimate of drug-likeness (QED) is 0.588. The molecule has 10 heteroatoms. The third-order valence-electron chi connectivity index (χ3n) is 6.44. The van der Waals surface area contributed by atoms with E-state index in [1.165, 1.54) is 0 Å². The fraction of sp³-hybridized carbons (Fsp3) is 0.545. The van der Waals surface area contributed by atoms with E-state index in [1.807, 2.05) is 24.3 Å². The number of likely N-dealkylation sites (tertiary alicyclic amines) is 1. The van der Waals surface area contributed by atoms with Gasteiger partial charge in [0.1, 0.15) is 11.8 Å². The lowest BCUT2D eigenvalue weighted by molar-refractivity contribution is 0.0632. The highest BCUT2D eigenvalue weighted by Crippen LogP contribution is 2.30. The minimum Gasteiger partial charge on any atom is -0.497 e. The molecule has 0 spiro atoms. The van der Waals surface area contributed by atoms with Crippen LogP contribution in [0.4, 0.5) is 0 Å². The van der Waals surface area contributed by atoms with Crippen molar-refractivity contribution in [1.29, 1.82) is 0 Å². The standard InChI is InChI=1S/C22H28N6O4/c1-31-16-4-5-19-14(11-16)12-18(22(30)23-19)20(27-8-6-15(29)7-9-27)21-24-25-26-28(21)13-17-3-2-10-32-17/h4-5,11-12,15,17,20,29H,2-3,6-10,13H2,1H3,(H,23,30)/t17-,20-/m0/s1. The van der Waals surface area contributed by atoms with E-state index in [0.717, 1.165) is 36.1 Å². The van der Waals surface area contributed by atoms with Crippen LogP contribution >= 0.6 is 0 Å². The number of pyridine rings is 1. The second-order valence-corrected chi connectivity index (χ2v) is 8.53. The molecule has 170 valence electrons. The summed E-state index contributed by atoms with van der Waals surface area (Å²) in [4.78, 5) is 18.4. The van der Waals surface area contributed by atoms with Gasteiger partial charge in [-0.25, -0.2) is 4.68 Å². The van der Waals surface area contributed by atoms with Crippen molar-refractivity contribution >= 4 is 10.9 Å². The van der Waals surface area contributed by atoms with Gasteiger partial charge in [0, 0.05) is 36.2 Å². The maximum atomic E-state index is 13.2. The molecule has 2 atom stereocenters. The van der Waals surface area contributed by atoms with Gasteiger partial charge in [-0.1, -0.05) is 0 Å². The van der Waals surface area contributed by atoms with Crippen LogP contribution in [0.3, 0.4) is 0 Å². The molecule has 2 saturated heterocycles. The molecular weight excluding hydrogens is 412 g/mol. The highest BCUT2D eigenvalue weighted by Gasteiger charge is 2.33. The molecule has 4 heterocycles. The Morgan fingerprint density at radius 1 is 1.28 bits per heavy atom. The molecule has 3 aromatic rings. The molecule has 0 unspecified atom stereocenters. The first-order chi connectivity index (χ1) is 15.6. The van der Waals surface area contributed by atoms with E-state index in [2.05, 4.69) is 25.4 Å². The van der Waals surface area contributed by atoms with Crippen LogP contribution in [-0.4, -0.2) is 74.2 Å². The van der Waals surface area contributed by atoms with Gasteiger partial charge in [0.25, 0.3) is 5.56 Å². The Hall–Kier alpha value is -2.82. The summed E-state index contributed by atoms with van der Waals surface area (Å²) in [6.45, 7) is 2.60. The number of nitrogens with one attached hydrogen (secondary N) is 1. The van der Waals surface area contributed by atoms with Crippen LogP contribution in [0.5, 0.6) is 5.75 Å². The number of methoxy groups -OCH3 is 1. The van der Waals surface area contributed by atoms with Gasteiger partial charge in [-0.15, -0.1) is 5.10 Å². The molecule has 1 aromatic carbocycles. The predicted octanol–water partition coefficient (Wildman–Crippen LogP) is 1.25. The van der Waals surface area contributed by atoms with Crippen molar-refractivity contribution in [2.45, 2.75) is 50.5 Å². The molecule has 0 radical (unpaired) electrons. The van der Waals surface area contributed by atoms with Crippen molar-refractivity contribution in [3.63, 3.8) is 0 Å². The highest BCUT2D eigenvalue weighted by atomic mass is 16.5. The van der Waals surface area contributed by atoms with E-state index in [4.69, 9.17) is 9.47 Å². The fourth-order valence-corrected chi connectivity index (χ4v) is 4.69. The lowest BCUT2D eigenvalue weighted by Crippen LogP contribution is -2.42. The number of nitrogens with zero attached hydrogens (tertiary/aromatic N) is 5. The topological polar surface area (TPSA) is 118 Å². The lowest BCUT2D eigenvalue weighted by atomic mass is 9.99. The van der Waals surface area contributed by atoms with Gasteiger partial charge in [-0.05, 0) is 60.4 Å². The smallest absolute Gasteiger partial charge is 0.253 e. The molecule has 2 N–H and O–H groups in total. The Kier molecular flexibility index (Phi) is 5.90. The zero-order valence-corrected chi connectivity index (χ0v) is 18.1. The summed E-state index contributed by atoms with van der Waals surface area (Å²) in [6.07, 6.45) is 3.03. The van der Waals surface area contributed by atoms with Gasteiger partial charge >= 0.3 is 0 Å². The van der Waals surface area contributed by atoms with Crippen LogP contribution in [0.1, 0.15) is 43.1 Å². The van der Waals surface area contributed by atoms with Gasteiger partial charge in [-0.2, -0.15) is 0 Å². The molecule has 2 fully saturated rings. The van der Waals surface area contributed by atoms with Crippen LogP contribution in [-0.2, 0) is 11.3 Å². The summed E-state index contributed by atoms with van der Waals surface area (Å²) >= 11 is 0. The first-order valence-electron chi connectivity index (χ1n) is 11.1. The Morgan fingerprint density at radius 2 is 2.12 bits per heavy atom. The average Bonchev–Trinajstić information content (AvgIpc) is 3.48. The molecule has 2 aliphatic heterocycles. The number of hydrogen-bond acceptors (Lipinski definition) is 8. The Balaban J connectivity index is 1.59. The first-order valence-corrected chi connectivity index (χ1v) is 11.1. The molecule has 0 amide bonds. The minimum absolute atomic E-state index is 0.0697. The Morgan fingerprint density at radius 3 is 2.88 bits per heavy atom. The molecule has 0 bridgehead atoms. The van der Waals surface area contributed by atoms with Crippen molar-refractivity contribution in [3.8, 4) is 5.75 Å².